The fourth-order valence-corrected chi connectivity index (χ4v) is 2.00. The van der Waals surface area contributed by atoms with E-state index in [1.54, 1.807) is 0 Å². The van der Waals surface area contributed by atoms with E-state index in [0.29, 0.717) is 6.54 Å². The third kappa shape index (κ3) is 3.49. The molecule has 0 saturated heterocycles. The highest BCUT2D eigenvalue weighted by atomic mass is 32.2. The number of nitro groups is 1. The van der Waals surface area contributed by atoms with Crippen molar-refractivity contribution < 1.29 is 13.3 Å². The highest BCUT2D eigenvalue weighted by Crippen LogP contribution is 2.20. The van der Waals surface area contributed by atoms with Crippen LogP contribution in [-0.4, -0.2) is 23.1 Å². The molecule has 0 aliphatic heterocycles. The standard InChI is InChI=1S/C8H14N4O4S/c1-2-3-4-5-11-6-7(17(9,15)16)8(10-11)12(13)14/h6H,2-5H2,1H3,(H2,9,15,16). The van der Waals surface area contributed by atoms with E-state index >= 15 is 0 Å². The molecule has 0 saturated carbocycles. The van der Waals surface area contributed by atoms with Crippen LogP contribution in [0.1, 0.15) is 26.2 Å². The first-order valence-electron chi connectivity index (χ1n) is 5.11. The maximum atomic E-state index is 11.1. The van der Waals surface area contributed by atoms with Crippen molar-refractivity contribution in [3.63, 3.8) is 0 Å². The van der Waals surface area contributed by atoms with Crippen LogP contribution in [0.4, 0.5) is 5.82 Å². The molecule has 0 aliphatic carbocycles. The number of sulfonamides is 1. The molecule has 0 bridgehead atoms. The van der Waals surface area contributed by atoms with Crippen molar-refractivity contribution in [1.82, 2.24) is 9.78 Å². The van der Waals surface area contributed by atoms with Gasteiger partial charge in [-0.1, -0.05) is 19.8 Å². The predicted molar refractivity (Wildman–Crippen MR) is 59.8 cm³/mol. The van der Waals surface area contributed by atoms with Crippen LogP contribution in [-0.2, 0) is 16.6 Å². The summed E-state index contributed by atoms with van der Waals surface area (Å²) in [6, 6.07) is 0. The second-order valence-corrected chi connectivity index (χ2v) is 5.12. The Labute approximate surface area is 98.6 Å². The Hall–Kier alpha value is -1.48. The molecule has 96 valence electrons. The van der Waals surface area contributed by atoms with Gasteiger partial charge in [-0.05, 0) is 11.3 Å². The molecule has 0 atom stereocenters. The average Bonchev–Trinajstić information content (AvgIpc) is 2.62. The van der Waals surface area contributed by atoms with Crippen molar-refractivity contribution in [3.05, 3.63) is 16.3 Å². The molecule has 0 amide bonds. The summed E-state index contributed by atoms with van der Waals surface area (Å²) in [7, 11) is -4.11. The summed E-state index contributed by atoms with van der Waals surface area (Å²) in [5, 5.41) is 19.1. The summed E-state index contributed by atoms with van der Waals surface area (Å²) in [6.07, 6.45) is 3.81. The number of nitrogens with zero attached hydrogens (tertiary/aromatic N) is 3. The zero-order valence-electron chi connectivity index (χ0n) is 9.37. The zero-order valence-corrected chi connectivity index (χ0v) is 10.2. The van der Waals surface area contributed by atoms with Crippen LogP contribution in [0.3, 0.4) is 0 Å². The highest BCUT2D eigenvalue weighted by Gasteiger charge is 2.28. The first-order valence-corrected chi connectivity index (χ1v) is 6.65. The van der Waals surface area contributed by atoms with E-state index in [2.05, 4.69) is 5.10 Å². The first kappa shape index (κ1) is 13.6. The molecule has 0 unspecified atom stereocenters. The Kier molecular flexibility index (Phi) is 4.18. The van der Waals surface area contributed by atoms with Crippen molar-refractivity contribution in [3.8, 4) is 0 Å². The van der Waals surface area contributed by atoms with Crippen LogP contribution in [0.15, 0.2) is 11.1 Å². The summed E-state index contributed by atoms with van der Waals surface area (Å²) in [5.74, 6) is -0.719. The Morgan fingerprint density at radius 1 is 1.53 bits per heavy atom. The third-order valence-electron chi connectivity index (χ3n) is 2.18. The van der Waals surface area contributed by atoms with E-state index in [4.69, 9.17) is 5.14 Å². The summed E-state index contributed by atoms with van der Waals surface area (Å²) in [5.41, 5.74) is 0. The van der Waals surface area contributed by atoms with Gasteiger partial charge in [0.1, 0.15) is 0 Å². The lowest BCUT2D eigenvalue weighted by Crippen LogP contribution is -2.13. The van der Waals surface area contributed by atoms with Gasteiger partial charge in [0.15, 0.2) is 0 Å². The number of aromatic nitrogens is 2. The van der Waals surface area contributed by atoms with Crippen LogP contribution in [0, 0.1) is 10.1 Å². The minimum absolute atomic E-state index is 0.435. The summed E-state index contributed by atoms with van der Waals surface area (Å²) >= 11 is 0. The van der Waals surface area contributed by atoms with Crippen molar-refractivity contribution in [2.75, 3.05) is 0 Å². The SMILES string of the molecule is CCCCCn1cc(S(N)(=O)=O)c([N+](=O)[O-])n1. The van der Waals surface area contributed by atoms with E-state index in [9.17, 15) is 18.5 Å². The molecule has 8 nitrogen and oxygen atoms in total. The van der Waals surface area contributed by atoms with Crippen molar-refractivity contribution in [2.24, 2.45) is 5.14 Å². The van der Waals surface area contributed by atoms with Gasteiger partial charge in [-0.2, -0.15) is 4.68 Å². The minimum atomic E-state index is -4.11. The number of hydrogen-bond donors (Lipinski definition) is 1. The van der Waals surface area contributed by atoms with E-state index in [0.717, 1.165) is 25.5 Å². The van der Waals surface area contributed by atoms with Crippen molar-refractivity contribution >= 4 is 15.8 Å². The second-order valence-electron chi connectivity index (χ2n) is 3.59. The number of unbranched alkanes of at least 4 members (excludes halogenated alkanes) is 2. The number of hydrogen-bond acceptors (Lipinski definition) is 5. The Morgan fingerprint density at radius 2 is 2.18 bits per heavy atom. The topological polar surface area (TPSA) is 121 Å². The first-order chi connectivity index (χ1) is 7.86. The quantitative estimate of drug-likeness (QED) is 0.457. The molecule has 0 aliphatic rings. The molecular formula is C8H14N4O4S. The molecule has 0 radical (unpaired) electrons. The van der Waals surface area contributed by atoms with Crippen molar-refractivity contribution in [2.45, 2.75) is 37.6 Å². The van der Waals surface area contributed by atoms with E-state index < -0.39 is 25.7 Å². The van der Waals surface area contributed by atoms with Gasteiger partial charge in [0.2, 0.25) is 14.9 Å². The van der Waals surface area contributed by atoms with E-state index in [1.807, 2.05) is 6.92 Å². The highest BCUT2D eigenvalue weighted by molar-refractivity contribution is 7.89. The van der Waals surface area contributed by atoms with E-state index in [-0.39, 0.29) is 0 Å². The van der Waals surface area contributed by atoms with Crippen LogP contribution < -0.4 is 5.14 Å². The lowest BCUT2D eigenvalue weighted by atomic mass is 10.2. The smallest absolute Gasteiger partial charge is 0.358 e. The van der Waals surface area contributed by atoms with Crippen LogP contribution >= 0.6 is 0 Å². The number of nitrogens with two attached hydrogens (primary N) is 1. The maximum absolute atomic E-state index is 11.1. The average molecular weight is 262 g/mol. The Morgan fingerprint density at radius 3 is 2.59 bits per heavy atom. The molecule has 1 heterocycles. The lowest BCUT2D eigenvalue weighted by Gasteiger charge is -1.94. The van der Waals surface area contributed by atoms with E-state index in [1.165, 1.54) is 4.68 Å². The molecule has 1 aromatic rings. The molecule has 9 heteroatoms. The van der Waals surface area contributed by atoms with Gasteiger partial charge in [0.05, 0.1) is 17.8 Å². The van der Waals surface area contributed by atoms with Gasteiger partial charge < -0.3 is 10.1 Å². The molecule has 0 fully saturated rings. The molecule has 1 aromatic heterocycles. The summed E-state index contributed by atoms with van der Waals surface area (Å²) < 4.78 is 23.5. The summed E-state index contributed by atoms with van der Waals surface area (Å²) in [6.45, 7) is 2.45. The fraction of sp³-hybridized carbons (Fsp3) is 0.625. The summed E-state index contributed by atoms with van der Waals surface area (Å²) in [4.78, 5) is 9.23. The minimum Gasteiger partial charge on any atom is -0.358 e. The van der Waals surface area contributed by atoms with Crippen LogP contribution in [0.25, 0.3) is 0 Å². The van der Waals surface area contributed by atoms with Gasteiger partial charge >= 0.3 is 5.82 Å². The Bertz CT molecular complexity index is 508. The fourth-order valence-electron chi connectivity index (χ4n) is 1.36. The third-order valence-corrected chi connectivity index (χ3v) is 3.08. The second kappa shape index (κ2) is 5.23. The molecule has 0 aromatic carbocycles. The van der Waals surface area contributed by atoms with Crippen molar-refractivity contribution in [1.29, 1.82) is 0 Å². The zero-order chi connectivity index (χ0) is 13.1. The number of primary sulfonamides is 1. The Balaban J connectivity index is 3.01. The van der Waals surface area contributed by atoms with Gasteiger partial charge in [0, 0.05) is 0 Å². The largest absolute Gasteiger partial charge is 0.410 e. The normalized spacial score (nSPS) is 11.6. The maximum Gasteiger partial charge on any atom is 0.410 e. The van der Waals surface area contributed by atoms with Gasteiger partial charge in [-0.3, -0.25) is 0 Å². The molecule has 17 heavy (non-hydrogen) atoms. The molecule has 2 N–H and O–H groups in total. The predicted octanol–water partition coefficient (Wildman–Crippen LogP) is 0.629. The van der Waals surface area contributed by atoms with Gasteiger partial charge in [-0.15, -0.1) is 0 Å². The lowest BCUT2D eigenvalue weighted by molar-refractivity contribution is -0.392. The number of aryl methyl sites for hydroxylation is 1. The van der Waals surface area contributed by atoms with Crippen LogP contribution in [0.2, 0.25) is 0 Å². The monoisotopic (exact) mass is 262 g/mol. The van der Waals surface area contributed by atoms with Gasteiger partial charge in [-0.25, -0.2) is 13.6 Å². The molecular weight excluding hydrogens is 248 g/mol. The molecule has 0 spiro atoms. The number of rotatable bonds is 6. The van der Waals surface area contributed by atoms with Gasteiger partial charge in [0.25, 0.3) is 0 Å². The van der Waals surface area contributed by atoms with Crippen LogP contribution in [0.5, 0.6) is 0 Å². The molecule has 1 rings (SSSR count).